The number of fused-ring (bicyclic) bond motifs is 6. The Morgan fingerprint density at radius 1 is 1.11 bits per heavy atom. The topological polar surface area (TPSA) is 82.6 Å². The Kier molecular flexibility index (Phi) is 8.60. The van der Waals surface area contributed by atoms with Crippen LogP contribution in [0.2, 0.25) is 0 Å². The van der Waals surface area contributed by atoms with E-state index in [1.165, 1.54) is 36.0 Å². The first kappa shape index (κ1) is 26.8. The third-order valence-corrected chi connectivity index (χ3v) is 6.47. The summed E-state index contributed by atoms with van der Waals surface area (Å²) < 4.78 is 46.0. The van der Waals surface area contributed by atoms with E-state index in [1.807, 2.05) is 32.9 Å². The SMILES string of the molecule is CC(C)(C)OCC(C=O)SCc1cc2nc(c1)OCCCOc1cc(F)ccc1-c1cc(ncc1F)N2. The highest BCUT2D eigenvalue weighted by Crippen LogP contribution is 2.34. The van der Waals surface area contributed by atoms with Gasteiger partial charge in [-0.1, -0.05) is 0 Å². The van der Waals surface area contributed by atoms with Gasteiger partial charge in [-0.15, -0.1) is 11.8 Å². The summed E-state index contributed by atoms with van der Waals surface area (Å²) in [5, 5.41) is 2.78. The lowest BCUT2D eigenvalue weighted by Crippen LogP contribution is -2.25. The van der Waals surface area contributed by atoms with Crippen molar-refractivity contribution in [1.29, 1.82) is 0 Å². The maximum atomic E-state index is 14.8. The molecule has 37 heavy (non-hydrogen) atoms. The number of anilines is 2. The number of aromatic nitrogens is 2. The van der Waals surface area contributed by atoms with Gasteiger partial charge in [0.15, 0.2) is 0 Å². The van der Waals surface area contributed by atoms with Crippen LogP contribution in [0.1, 0.15) is 32.8 Å². The van der Waals surface area contributed by atoms with Gasteiger partial charge in [-0.2, -0.15) is 4.98 Å². The Bertz CT molecular complexity index is 1250. The molecule has 4 rings (SSSR count). The number of nitrogens with one attached hydrogen (secondary N) is 1. The third kappa shape index (κ3) is 7.62. The lowest BCUT2D eigenvalue weighted by molar-refractivity contribution is -0.109. The molecule has 7 nitrogen and oxygen atoms in total. The lowest BCUT2D eigenvalue weighted by Gasteiger charge is -2.21. The Hall–Kier alpha value is -3.24. The van der Waals surface area contributed by atoms with Crippen LogP contribution in [0.25, 0.3) is 11.1 Å². The van der Waals surface area contributed by atoms with Crippen LogP contribution < -0.4 is 14.8 Å². The molecule has 196 valence electrons. The molecule has 4 bridgehead atoms. The predicted molar refractivity (Wildman–Crippen MR) is 140 cm³/mol. The number of aldehydes is 1. The van der Waals surface area contributed by atoms with Crippen LogP contribution in [-0.2, 0) is 15.3 Å². The molecular formula is C27H29F2N3O4S. The van der Waals surface area contributed by atoms with E-state index >= 15 is 0 Å². The molecule has 2 aromatic heterocycles. The molecule has 1 aromatic carbocycles. The molecule has 0 spiro atoms. The average Bonchev–Trinajstić information content (AvgIpc) is 2.84. The molecule has 0 saturated heterocycles. The number of hydrogen-bond donors (Lipinski definition) is 1. The van der Waals surface area contributed by atoms with Crippen molar-refractivity contribution in [3.05, 3.63) is 59.8 Å². The molecule has 10 heteroatoms. The highest BCUT2D eigenvalue weighted by atomic mass is 32.2. The second-order valence-electron chi connectivity index (χ2n) is 9.47. The van der Waals surface area contributed by atoms with E-state index in [-0.39, 0.29) is 28.8 Å². The van der Waals surface area contributed by atoms with Crippen molar-refractivity contribution in [2.75, 3.05) is 25.1 Å². The number of pyridine rings is 2. The van der Waals surface area contributed by atoms with Crippen molar-refractivity contribution in [2.24, 2.45) is 0 Å². The van der Waals surface area contributed by atoms with Gasteiger partial charge < -0.3 is 24.3 Å². The van der Waals surface area contributed by atoms with Crippen molar-refractivity contribution < 1.29 is 27.8 Å². The van der Waals surface area contributed by atoms with E-state index in [0.717, 1.165) is 18.0 Å². The lowest BCUT2D eigenvalue weighted by atomic mass is 10.0. The van der Waals surface area contributed by atoms with Gasteiger partial charge in [0.25, 0.3) is 0 Å². The van der Waals surface area contributed by atoms with Gasteiger partial charge >= 0.3 is 0 Å². The Morgan fingerprint density at radius 3 is 2.70 bits per heavy atom. The molecule has 1 aliphatic heterocycles. The predicted octanol–water partition coefficient (Wildman–Crippen LogP) is 5.94. The van der Waals surface area contributed by atoms with Gasteiger partial charge in [0, 0.05) is 35.4 Å². The molecule has 0 amide bonds. The molecular weight excluding hydrogens is 500 g/mol. The normalized spacial score (nSPS) is 14.3. The highest BCUT2D eigenvalue weighted by molar-refractivity contribution is 7.99. The fourth-order valence-electron chi connectivity index (χ4n) is 3.54. The Balaban J connectivity index is 1.61. The van der Waals surface area contributed by atoms with E-state index in [9.17, 15) is 13.6 Å². The van der Waals surface area contributed by atoms with E-state index in [1.54, 1.807) is 0 Å². The van der Waals surface area contributed by atoms with Crippen LogP contribution in [0.4, 0.5) is 20.4 Å². The quantitative estimate of drug-likeness (QED) is 0.393. The van der Waals surface area contributed by atoms with Crippen LogP contribution in [-0.4, -0.2) is 46.9 Å². The summed E-state index contributed by atoms with van der Waals surface area (Å²) in [7, 11) is 0. The molecule has 0 aliphatic carbocycles. The molecule has 1 N–H and O–H groups in total. The zero-order chi connectivity index (χ0) is 26.4. The maximum Gasteiger partial charge on any atom is 0.215 e. The molecule has 3 aromatic rings. The van der Waals surface area contributed by atoms with E-state index in [4.69, 9.17) is 14.2 Å². The van der Waals surface area contributed by atoms with Gasteiger partial charge in [-0.3, -0.25) is 0 Å². The third-order valence-electron chi connectivity index (χ3n) is 5.30. The summed E-state index contributed by atoms with van der Waals surface area (Å²) in [6.45, 7) is 6.69. The van der Waals surface area contributed by atoms with Crippen molar-refractivity contribution in [3.63, 3.8) is 0 Å². The summed E-state index contributed by atoms with van der Waals surface area (Å²) in [5.41, 5.74) is 1.18. The number of nitrogens with zero attached hydrogens (tertiary/aromatic N) is 2. The van der Waals surface area contributed by atoms with Crippen LogP contribution in [0.5, 0.6) is 11.6 Å². The number of ether oxygens (including phenoxy) is 3. The number of thioether (sulfide) groups is 1. The average molecular weight is 530 g/mol. The molecule has 1 atom stereocenters. The summed E-state index contributed by atoms with van der Waals surface area (Å²) in [4.78, 5) is 20.2. The standard InChI is InChI=1S/C27H29F2N3O4S/c1-27(2,3)36-15-19(14-33)37-16-17-9-25-31-24-12-21(22(29)13-30-24)20-6-5-18(28)11-23(20)34-7-4-8-35-26(10-17)32-25/h5-6,9-14,19H,4,7-8,15-16H2,1-3H3,(H,30,31,32). The summed E-state index contributed by atoms with van der Waals surface area (Å²) in [6, 6.07) is 9.14. The Labute approximate surface area is 218 Å². The summed E-state index contributed by atoms with van der Waals surface area (Å²) in [5.74, 6) is 0.915. The van der Waals surface area contributed by atoms with E-state index in [2.05, 4.69) is 15.3 Å². The smallest absolute Gasteiger partial charge is 0.215 e. The molecule has 0 fully saturated rings. The molecule has 1 aliphatic rings. The number of hydrogen-bond acceptors (Lipinski definition) is 8. The fraction of sp³-hybridized carbons (Fsp3) is 0.370. The second kappa shape index (κ2) is 11.9. The van der Waals surface area contributed by atoms with Crippen LogP contribution in [0.3, 0.4) is 0 Å². The van der Waals surface area contributed by atoms with Crippen LogP contribution >= 0.6 is 11.8 Å². The van der Waals surface area contributed by atoms with Gasteiger partial charge in [-0.25, -0.2) is 13.8 Å². The first-order valence-corrected chi connectivity index (χ1v) is 12.9. The minimum absolute atomic E-state index is 0.223. The van der Waals surface area contributed by atoms with Crippen molar-refractivity contribution >= 4 is 29.7 Å². The minimum Gasteiger partial charge on any atom is -0.493 e. The molecule has 1 unspecified atom stereocenters. The van der Waals surface area contributed by atoms with Crippen molar-refractivity contribution in [1.82, 2.24) is 9.97 Å². The van der Waals surface area contributed by atoms with E-state index < -0.39 is 11.6 Å². The fourth-order valence-corrected chi connectivity index (χ4v) is 4.36. The van der Waals surface area contributed by atoms with Gasteiger partial charge in [-0.05, 0) is 50.6 Å². The first-order valence-electron chi connectivity index (χ1n) is 11.9. The number of halogens is 2. The summed E-state index contributed by atoms with van der Waals surface area (Å²) >= 11 is 1.46. The van der Waals surface area contributed by atoms with E-state index in [0.29, 0.717) is 48.5 Å². The monoisotopic (exact) mass is 529 g/mol. The minimum atomic E-state index is -0.561. The largest absolute Gasteiger partial charge is 0.493 e. The van der Waals surface area contributed by atoms with Gasteiger partial charge in [0.1, 0.15) is 35.3 Å². The van der Waals surface area contributed by atoms with Gasteiger partial charge in [0.05, 0.1) is 36.9 Å². The number of rotatable bonds is 6. The van der Waals surface area contributed by atoms with Crippen molar-refractivity contribution in [3.8, 4) is 22.8 Å². The Morgan fingerprint density at radius 2 is 1.92 bits per heavy atom. The summed E-state index contributed by atoms with van der Waals surface area (Å²) in [6.07, 6.45) is 2.48. The van der Waals surface area contributed by atoms with Crippen molar-refractivity contribution in [2.45, 2.75) is 43.8 Å². The molecule has 0 saturated carbocycles. The first-order chi connectivity index (χ1) is 17.7. The molecule has 0 radical (unpaired) electrons. The van der Waals surface area contributed by atoms with Crippen LogP contribution in [0.15, 0.2) is 42.6 Å². The zero-order valence-electron chi connectivity index (χ0n) is 20.9. The number of carbonyl (C=O) groups excluding carboxylic acids is 1. The second-order valence-corrected chi connectivity index (χ2v) is 10.7. The maximum absolute atomic E-state index is 14.8. The molecule has 3 heterocycles. The van der Waals surface area contributed by atoms with Crippen LogP contribution in [0, 0.1) is 11.6 Å². The van der Waals surface area contributed by atoms with Gasteiger partial charge in [0.2, 0.25) is 5.88 Å². The number of carbonyl (C=O) groups is 1. The number of benzene rings is 1. The highest BCUT2D eigenvalue weighted by Gasteiger charge is 2.18. The zero-order valence-corrected chi connectivity index (χ0v) is 21.7.